The molecule has 0 saturated carbocycles. The summed E-state index contributed by atoms with van der Waals surface area (Å²) in [5, 5.41) is 21.3. The summed E-state index contributed by atoms with van der Waals surface area (Å²) in [7, 11) is 0. The Bertz CT molecular complexity index is 702. The molecule has 0 aliphatic carbocycles. The predicted octanol–water partition coefficient (Wildman–Crippen LogP) is 3.14. The predicted molar refractivity (Wildman–Crippen MR) is 79.1 cm³/mol. The average molecular weight is 260 g/mol. The van der Waals surface area contributed by atoms with Gasteiger partial charge in [0.15, 0.2) is 5.57 Å². The minimum Gasteiger partial charge on any atom is -0.397 e. The van der Waals surface area contributed by atoms with Gasteiger partial charge in [-0.2, -0.15) is 10.5 Å². The van der Waals surface area contributed by atoms with Crippen LogP contribution in [0.15, 0.2) is 60.2 Å². The van der Waals surface area contributed by atoms with Crippen molar-refractivity contribution in [3.63, 3.8) is 0 Å². The van der Waals surface area contributed by atoms with E-state index in [1.807, 2.05) is 54.6 Å². The molecule has 4 heteroatoms. The van der Waals surface area contributed by atoms with E-state index in [1.165, 1.54) is 0 Å². The molecule has 4 nitrogen and oxygen atoms in total. The van der Waals surface area contributed by atoms with Crippen molar-refractivity contribution in [2.75, 3.05) is 11.1 Å². The highest BCUT2D eigenvalue weighted by molar-refractivity contribution is 5.86. The van der Waals surface area contributed by atoms with E-state index in [9.17, 15) is 0 Å². The lowest BCUT2D eigenvalue weighted by Gasteiger charge is -2.13. The second-order valence-electron chi connectivity index (χ2n) is 4.05. The van der Waals surface area contributed by atoms with Crippen molar-refractivity contribution in [3.05, 3.63) is 65.7 Å². The molecule has 20 heavy (non-hydrogen) atoms. The van der Waals surface area contributed by atoms with Crippen LogP contribution in [0.25, 0.3) is 5.70 Å². The molecule has 0 amide bonds. The number of nitrogens with zero attached hydrogens (tertiary/aromatic N) is 2. The van der Waals surface area contributed by atoms with Gasteiger partial charge in [0, 0.05) is 5.56 Å². The number of rotatable bonds is 3. The van der Waals surface area contributed by atoms with Gasteiger partial charge < -0.3 is 11.1 Å². The topological polar surface area (TPSA) is 85.6 Å². The number of para-hydroxylation sites is 2. The Morgan fingerprint density at radius 2 is 1.50 bits per heavy atom. The quantitative estimate of drug-likeness (QED) is 0.655. The van der Waals surface area contributed by atoms with E-state index >= 15 is 0 Å². The standard InChI is InChI=1S/C16H12N4/c17-10-13(11-18)16(12-6-2-1-3-7-12)20-15-9-5-4-8-14(15)19/h1-9,20H,19H2. The fourth-order valence-corrected chi connectivity index (χ4v) is 1.77. The van der Waals surface area contributed by atoms with Crippen LogP contribution in [-0.4, -0.2) is 0 Å². The molecule has 0 fully saturated rings. The van der Waals surface area contributed by atoms with Crippen LogP contribution in [0, 0.1) is 22.7 Å². The zero-order valence-electron chi connectivity index (χ0n) is 10.7. The Hall–Kier alpha value is -3.24. The fourth-order valence-electron chi connectivity index (χ4n) is 1.77. The summed E-state index contributed by atoms with van der Waals surface area (Å²) in [6.07, 6.45) is 0. The van der Waals surface area contributed by atoms with Gasteiger partial charge in [0.1, 0.15) is 12.1 Å². The smallest absolute Gasteiger partial charge is 0.153 e. The molecule has 0 saturated heterocycles. The summed E-state index contributed by atoms with van der Waals surface area (Å²) in [5.74, 6) is 0. The molecule has 2 rings (SSSR count). The van der Waals surface area contributed by atoms with Gasteiger partial charge in [-0.15, -0.1) is 0 Å². The highest BCUT2D eigenvalue weighted by Gasteiger charge is 2.10. The Balaban J connectivity index is 2.51. The highest BCUT2D eigenvalue weighted by Crippen LogP contribution is 2.25. The summed E-state index contributed by atoms with van der Waals surface area (Å²) in [6, 6.07) is 20.2. The van der Waals surface area contributed by atoms with Crippen LogP contribution in [0.3, 0.4) is 0 Å². The molecule has 0 aromatic heterocycles. The number of benzene rings is 2. The SMILES string of the molecule is N#CC(C#N)=C(Nc1ccccc1N)c1ccccc1. The van der Waals surface area contributed by atoms with Crippen molar-refractivity contribution in [1.29, 1.82) is 10.5 Å². The Morgan fingerprint density at radius 3 is 2.10 bits per heavy atom. The first-order valence-electron chi connectivity index (χ1n) is 5.97. The van der Waals surface area contributed by atoms with E-state index in [-0.39, 0.29) is 5.57 Å². The number of nitriles is 2. The lowest BCUT2D eigenvalue weighted by atomic mass is 10.1. The second kappa shape index (κ2) is 6.08. The van der Waals surface area contributed by atoms with Crippen LogP contribution in [0.4, 0.5) is 11.4 Å². The van der Waals surface area contributed by atoms with Gasteiger partial charge >= 0.3 is 0 Å². The third-order valence-electron chi connectivity index (χ3n) is 2.76. The van der Waals surface area contributed by atoms with E-state index in [2.05, 4.69) is 5.32 Å². The van der Waals surface area contributed by atoms with E-state index in [0.29, 0.717) is 17.1 Å². The number of nitrogens with one attached hydrogen (secondary N) is 1. The molecule has 3 N–H and O–H groups in total. The Labute approximate surface area is 117 Å². The maximum atomic E-state index is 9.10. The van der Waals surface area contributed by atoms with Gasteiger partial charge in [-0.3, -0.25) is 0 Å². The number of hydrogen-bond donors (Lipinski definition) is 2. The molecular weight excluding hydrogens is 248 g/mol. The van der Waals surface area contributed by atoms with E-state index in [0.717, 1.165) is 5.56 Å². The molecule has 96 valence electrons. The zero-order chi connectivity index (χ0) is 14.4. The summed E-state index contributed by atoms with van der Waals surface area (Å²) >= 11 is 0. The molecule has 0 atom stereocenters. The Kier molecular flexibility index (Phi) is 4.01. The van der Waals surface area contributed by atoms with Gasteiger partial charge in [-0.1, -0.05) is 42.5 Å². The highest BCUT2D eigenvalue weighted by atomic mass is 14.9. The van der Waals surface area contributed by atoms with Gasteiger partial charge in [-0.25, -0.2) is 0 Å². The monoisotopic (exact) mass is 260 g/mol. The van der Waals surface area contributed by atoms with Crippen LogP contribution < -0.4 is 11.1 Å². The van der Waals surface area contributed by atoms with Gasteiger partial charge in [0.2, 0.25) is 0 Å². The summed E-state index contributed by atoms with van der Waals surface area (Å²) < 4.78 is 0. The average Bonchev–Trinajstić information content (AvgIpc) is 2.50. The molecule has 0 unspecified atom stereocenters. The summed E-state index contributed by atoms with van der Waals surface area (Å²) in [6.45, 7) is 0. The number of nitrogens with two attached hydrogens (primary N) is 1. The summed E-state index contributed by atoms with van der Waals surface area (Å²) in [5.41, 5.74) is 8.32. The number of nitrogen functional groups attached to an aromatic ring is 1. The minimum absolute atomic E-state index is 0.0134. The first kappa shape index (κ1) is 13.2. The van der Waals surface area contributed by atoms with Crippen molar-refractivity contribution < 1.29 is 0 Å². The minimum atomic E-state index is 0.0134. The molecule has 0 aliphatic heterocycles. The van der Waals surface area contributed by atoms with Crippen LogP contribution in [0.5, 0.6) is 0 Å². The van der Waals surface area contributed by atoms with Gasteiger partial charge in [-0.05, 0) is 12.1 Å². The molecule has 0 heterocycles. The van der Waals surface area contributed by atoms with Crippen molar-refractivity contribution >= 4 is 17.1 Å². The number of hydrogen-bond acceptors (Lipinski definition) is 4. The molecule has 0 bridgehead atoms. The first-order chi connectivity index (χ1) is 9.76. The van der Waals surface area contributed by atoms with Gasteiger partial charge in [0.25, 0.3) is 0 Å². The molecule has 0 radical (unpaired) electrons. The molecule has 2 aromatic rings. The lowest BCUT2D eigenvalue weighted by molar-refractivity contribution is 1.44. The normalized spacial score (nSPS) is 9.10. The van der Waals surface area contributed by atoms with E-state index in [4.69, 9.17) is 16.3 Å². The van der Waals surface area contributed by atoms with Crippen molar-refractivity contribution in [2.45, 2.75) is 0 Å². The number of anilines is 2. The van der Waals surface area contributed by atoms with Crippen LogP contribution in [0.2, 0.25) is 0 Å². The number of allylic oxidation sites excluding steroid dienone is 1. The summed E-state index contributed by atoms with van der Waals surface area (Å²) in [4.78, 5) is 0. The molecule has 0 aliphatic rings. The van der Waals surface area contributed by atoms with E-state index in [1.54, 1.807) is 12.1 Å². The molecular formula is C16H12N4. The third kappa shape index (κ3) is 2.77. The van der Waals surface area contributed by atoms with Crippen LogP contribution in [-0.2, 0) is 0 Å². The van der Waals surface area contributed by atoms with E-state index < -0.39 is 0 Å². The first-order valence-corrected chi connectivity index (χ1v) is 5.97. The van der Waals surface area contributed by atoms with Crippen LogP contribution in [0.1, 0.15) is 5.56 Å². The van der Waals surface area contributed by atoms with Crippen molar-refractivity contribution in [2.24, 2.45) is 0 Å². The zero-order valence-corrected chi connectivity index (χ0v) is 10.7. The molecule has 2 aromatic carbocycles. The maximum Gasteiger partial charge on any atom is 0.153 e. The Morgan fingerprint density at radius 1 is 0.900 bits per heavy atom. The van der Waals surface area contributed by atoms with Gasteiger partial charge in [0.05, 0.1) is 17.1 Å². The fraction of sp³-hybridized carbons (Fsp3) is 0. The maximum absolute atomic E-state index is 9.10. The molecule has 0 spiro atoms. The van der Waals surface area contributed by atoms with Crippen molar-refractivity contribution in [3.8, 4) is 12.1 Å². The van der Waals surface area contributed by atoms with Crippen molar-refractivity contribution in [1.82, 2.24) is 0 Å². The second-order valence-corrected chi connectivity index (χ2v) is 4.05. The third-order valence-corrected chi connectivity index (χ3v) is 2.76. The van der Waals surface area contributed by atoms with Crippen LogP contribution >= 0.6 is 0 Å². The lowest BCUT2D eigenvalue weighted by Crippen LogP contribution is -2.04. The largest absolute Gasteiger partial charge is 0.397 e.